The third-order valence-electron chi connectivity index (χ3n) is 4.50. The van der Waals surface area contributed by atoms with Crippen LogP contribution < -0.4 is 10.6 Å². The van der Waals surface area contributed by atoms with Crippen molar-refractivity contribution in [3.8, 4) is 0 Å². The summed E-state index contributed by atoms with van der Waals surface area (Å²) in [6, 6.07) is 18.8. The molecule has 2 N–H and O–H groups in total. The molecule has 148 valence electrons. The maximum atomic E-state index is 13.7. The Morgan fingerprint density at radius 3 is 2.17 bits per heavy atom. The molecule has 0 heterocycles. The van der Waals surface area contributed by atoms with Crippen molar-refractivity contribution in [1.29, 1.82) is 0 Å². The zero-order valence-corrected chi connectivity index (χ0v) is 16.5. The fourth-order valence-electron chi connectivity index (χ4n) is 3.17. The van der Waals surface area contributed by atoms with Crippen LogP contribution in [0.15, 0.2) is 66.7 Å². The second kappa shape index (κ2) is 9.15. The Morgan fingerprint density at radius 2 is 1.48 bits per heavy atom. The number of anilines is 1. The molecular weight excluding hydrogens is 367 g/mol. The Kier molecular flexibility index (Phi) is 6.39. The first kappa shape index (κ1) is 20.3. The highest BCUT2D eigenvalue weighted by Gasteiger charge is 2.11. The lowest BCUT2D eigenvalue weighted by Gasteiger charge is -2.09. The molecule has 0 atom stereocenters. The van der Waals surface area contributed by atoms with E-state index in [4.69, 9.17) is 0 Å². The van der Waals surface area contributed by atoms with E-state index in [1.54, 1.807) is 42.5 Å². The number of aryl methyl sites for hydroxylation is 2. The average molecular weight is 390 g/mol. The van der Waals surface area contributed by atoms with Crippen LogP contribution in [0.1, 0.15) is 37.4 Å². The van der Waals surface area contributed by atoms with Crippen molar-refractivity contribution in [2.75, 3.05) is 11.9 Å². The van der Waals surface area contributed by atoms with Crippen LogP contribution in [0.2, 0.25) is 0 Å². The minimum atomic E-state index is -0.303. The second-order valence-electron chi connectivity index (χ2n) is 7.01. The monoisotopic (exact) mass is 390 g/mol. The summed E-state index contributed by atoms with van der Waals surface area (Å²) in [5, 5.41) is 5.63. The molecule has 0 aliphatic rings. The van der Waals surface area contributed by atoms with Crippen molar-refractivity contribution in [3.63, 3.8) is 0 Å². The van der Waals surface area contributed by atoms with Crippen molar-refractivity contribution >= 4 is 17.5 Å². The van der Waals surface area contributed by atoms with Gasteiger partial charge < -0.3 is 10.6 Å². The van der Waals surface area contributed by atoms with Crippen LogP contribution in [-0.4, -0.2) is 18.4 Å². The zero-order valence-electron chi connectivity index (χ0n) is 16.5. The van der Waals surface area contributed by atoms with Crippen LogP contribution in [0.4, 0.5) is 10.1 Å². The fraction of sp³-hybridized carbons (Fsp3) is 0.167. The largest absolute Gasteiger partial charge is 0.352 e. The van der Waals surface area contributed by atoms with Gasteiger partial charge in [0.15, 0.2) is 0 Å². The fourth-order valence-corrected chi connectivity index (χ4v) is 3.17. The maximum Gasteiger partial charge on any atom is 0.255 e. The first-order valence-corrected chi connectivity index (χ1v) is 9.44. The molecule has 29 heavy (non-hydrogen) atoms. The van der Waals surface area contributed by atoms with Crippen molar-refractivity contribution in [2.45, 2.75) is 20.3 Å². The summed E-state index contributed by atoms with van der Waals surface area (Å²) in [4.78, 5) is 25.0. The molecule has 0 saturated carbocycles. The van der Waals surface area contributed by atoms with Crippen molar-refractivity contribution in [3.05, 3.63) is 100 Å². The molecule has 5 heteroatoms. The molecule has 2 amide bonds. The topological polar surface area (TPSA) is 58.2 Å². The highest BCUT2D eigenvalue weighted by Crippen LogP contribution is 2.15. The molecule has 0 spiro atoms. The molecule has 0 aliphatic heterocycles. The molecule has 0 fully saturated rings. The van der Waals surface area contributed by atoms with Gasteiger partial charge in [-0.1, -0.05) is 30.3 Å². The van der Waals surface area contributed by atoms with Crippen molar-refractivity contribution < 1.29 is 14.0 Å². The van der Waals surface area contributed by atoms with Gasteiger partial charge in [0.2, 0.25) is 0 Å². The quantitative estimate of drug-likeness (QED) is 0.643. The highest BCUT2D eigenvalue weighted by molar-refractivity contribution is 6.06. The Labute approximate surface area is 169 Å². The van der Waals surface area contributed by atoms with E-state index in [0.717, 1.165) is 11.1 Å². The second-order valence-corrected chi connectivity index (χ2v) is 7.01. The number of hydrogen-bond acceptors (Lipinski definition) is 2. The minimum absolute atomic E-state index is 0.281. The van der Waals surface area contributed by atoms with Gasteiger partial charge >= 0.3 is 0 Å². The van der Waals surface area contributed by atoms with E-state index >= 15 is 0 Å². The molecular formula is C24H23FN2O2. The molecule has 3 aromatic rings. The van der Waals surface area contributed by atoms with Gasteiger partial charge in [-0.25, -0.2) is 4.39 Å². The highest BCUT2D eigenvalue weighted by atomic mass is 19.1. The van der Waals surface area contributed by atoms with Gasteiger partial charge in [0.25, 0.3) is 11.8 Å². The summed E-state index contributed by atoms with van der Waals surface area (Å²) in [7, 11) is 0. The van der Waals surface area contributed by atoms with Crippen LogP contribution in [0.25, 0.3) is 0 Å². The summed E-state index contributed by atoms with van der Waals surface area (Å²) in [6.07, 6.45) is 0.394. The number of carbonyl (C=O) groups excluding carboxylic acids is 2. The SMILES string of the molecule is Cc1cc(C)cc(NC(=O)c2cccc(C(=O)NCCc3ccccc3F)c2)c1. The van der Waals surface area contributed by atoms with E-state index in [2.05, 4.69) is 10.6 Å². The number of halogens is 1. The molecule has 3 rings (SSSR count). The van der Waals surface area contributed by atoms with E-state index in [1.165, 1.54) is 6.07 Å². The van der Waals surface area contributed by atoms with Gasteiger partial charge in [0.05, 0.1) is 0 Å². The summed E-state index contributed by atoms with van der Waals surface area (Å²) >= 11 is 0. The normalized spacial score (nSPS) is 10.4. The lowest BCUT2D eigenvalue weighted by Crippen LogP contribution is -2.26. The third kappa shape index (κ3) is 5.51. The maximum absolute atomic E-state index is 13.7. The predicted octanol–water partition coefficient (Wildman–Crippen LogP) is 4.67. The van der Waals surface area contributed by atoms with Crippen LogP contribution in [-0.2, 0) is 6.42 Å². The van der Waals surface area contributed by atoms with Gasteiger partial charge in [-0.3, -0.25) is 9.59 Å². The molecule has 0 bridgehead atoms. The molecule has 4 nitrogen and oxygen atoms in total. The predicted molar refractivity (Wildman–Crippen MR) is 113 cm³/mol. The Hall–Kier alpha value is -3.47. The first-order chi connectivity index (χ1) is 13.9. The number of amides is 2. The van der Waals surface area contributed by atoms with Gasteiger partial charge in [-0.05, 0) is 73.4 Å². The molecule has 3 aromatic carbocycles. The molecule has 0 unspecified atom stereocenters. The van der Waals surface area contributed by atoms with E-state index in [1.807, 2.05) is 32.0 Å². The summed E-state index contributed by atoms with van der Waals surface area (Å²) < 4.78 is 13.7. The first-order valence-electron chi connectivity index (χ1n) is 9.44. The Balaban J connectivity index is 1.62. The van der Waals surface area contributed by atoms with Gasteiger partial charge in [0, 0.05) is 23.4 Å². The van der Waals surface area contributed by atoms with Crippen LogP contribution in [0.3, 0.4) is 0 Å². The van der Waals surface area contributed by atoms with E-state index in [0.29, 0.717) is 35.3 Å². The average Bonchev–Trinajstić information content (AvgIpc) is 2.68. The summed E-state index contributed by atoms with van der Waals surface area (Å²) in [6.45, 7) is 4.24. The minimum Gasteiger partial charge on any atom is -0.352 e. The van der Waals surface area contributed by atoms with E-state index in [-0.39, 0.29) is 17.6 Å². The number of nitrogens with one attached hydrogen (secondary N) is 2. The standard InChI is InChI=1S/C24H23FN2O2/c1-16-12-17(2)14-21(13-16)27-24(29)20-8-5-7-19(15-20)23(28)26-11-10-18-6-3-4-9-22(18)25/h3-9,12-15H,10-11H2,1-2H3,(H,26,28)(H,27,29). The number of rotatable bonds is 6. The Bertz CT molecular complexity index is 1030. The number of benzene rings is 3. The Morgan fingerprint density at radius 1 is 0.828 bits per heavy atom. The smallest absolute Gasteiger partial charge is 0.255 e. The lowest BCUT2D eigenvalue weighted by molar-refractivity contribution is 0.0954. The third-order valence-corrected chi connectivity index (χ3v) is 4.50. The van der Waals surface area contributed by atoms with Crippen LogP contribution >= 0.6 is 0 Å². The van der Waals surface area contributed by atoms with Crippen LogP contribution in [0.5, 0.6) is 0 Å². The number of hydrogen-bond donors (Lipinski definition) is 2. The molecule has 0 aliphatic carbocycles. The van der Waals surface area contributed by atoms with E-state index < -0.39 is 0 Å². The van der Waals surface area contributed by atoms with Gasteiger partial charge in [-0.2, -0.15) is 0 Å². The van der Waals surface area contributed by atoms with Crippen molar-refractivity contribution in [2.24, 2.45) is 0 Å². The molecule has 0 aromatic heterocycles. The van der Waals surface area contributed by atoms with Gasteiger partial charge in [-0.15, -0.1) is 0 Å². The van der Waals surface area contributed by atoms with Gasteiger partial charge in [0.1, 0.15) is 5.82 Å². The van der Waals surface area contributed by atoms with Crippen LogP contribution in [0, 0.1) is 19.7 Å². The number of carbonyl (C=O) groups is 2. The van der Waals surface area contributed by atoms with E-state index in [9.17, 15) is 14.0 Å². The zero-order chi connectivity index (χ0) is 20.8. The summed E-state index contributed by atoms with van der Waals surface area (Å²) in [5.74, 6) is -0.870. The lowest BCUT2D eigenvalue weighted by atomic mass is 10.1. The van der Waals surface area contributed by atoms with Crippen molar-refractivity contribution in [1.82, 2.24) is 5.32 Å². The summed E-state index contributed by atoms with van der Waals surface area (Å²) in [5.41, 5.74) is 4.16. The molecule has 0 saturated heterocycles. The molecule has 0 radical (unpaired) electrons.